The van der Waals surface area contributed by atoms with Crippen LogP contribution in [0.5, 0.6) is 0 Å². The van der Waals surface area contributed by atoms with E-state index >= 15 is 0 Å². The summed E-state index contributed by atoms with van der Waals surface area (Å²) in [5.74, 6) is 0.426. The highest BCUT2D eigenvalue weighted by Gasteiger charge is 2.26. The molecule has 0 aromatic carbocycles. The van der Waals surface area contributed by atoms with E-state index in [4.69, 9.17) is 13.6 Å². The van der Waals surface area contributed by atoms with Crippen molar-refractivity contribution in [2.45, 2.75) is 6.10 Å². The van der Waals surface area contributed by atoms with Crippen molar-refractivity contribution >= 4 is 5.78 Å². The molecule has 1 atom stereocenters. The molecule has 2 aromatic rings. The third-order valence-electron chi connectivity index (χ3n) is 2.18. The number of Topliss-reactive ketones (excluding diaryl/α,β-unsaturated/α-hetero) is 1. The lowest BCUT2D eigenvalue weighted by atomic mass is 10.1. The Morgan fingerprint density at radius 2 is 2.12 bits per heavy atom. The topological polar surface area (TPSA) is 52.6 Å². The molecule has 2 rings (SSSR count). The summed E-state index contributed by atoms with van der Waals surface area (Å²) in [5.41, 5.74) is 0. The van der Waals surface area contributed by atoms with E-state index in [1.54, 1.807) is 30.3 Å². The van der Waals surface area contributed by atoms with Crippen LogP contribution in [0.4, 0.5) is 0 Å². The van der Waals surface area contributed by atoms with E-state index in [0.717, 1.165) is 0 Å². The normalized spacial score (nSPS) is 12.2. The van der Waals surface area contributed by atoms with E-state index in [0.29, 0.717) is 5.76 Å². The van der Waals surface area contributed by atoms with E-state index in [-0.39, 0.29) is 18.2 Å². The standard InChI is InChI=1S/C13H12O4/c1-2-7-17-13(11-6-4-9-16-11)12(14)10-5-3-8-15-10/h2-6,8-9,13H,1,7H2. The van der Waals surface area contributed by atoms with Gasteiger partial charge in [-0.2, -0.15) is 0 Å². The molecule has 1 unspecified atom stereocenters. The fourth-order valence-corrected chi connectivity index (χ4v) is 1.44. The van der Waals surface area contributed by atoms with Crippen molar-refractivity contribution in [3.05, 3.63) is 61.0 Å². The van der Waals surface area contributed by atoms with Crippen LogP contribution in [0.15, 0.2) is 58.3 Å². The SMILES string of the molecule is C=CCOC(C(=O)c1ccco1)c1ccco1. The van der Waals surface area contributed by atoms with Gasteiger partial charge in [0.15, 0.2) is 11.9 Å². The number of ketones is 1. The maximum absolute atomic E-state index is 12.1. The molecule has 17 heavy (non-hydrogen) atoms. The Kier molecular flexibility index (Phi) is 3.57. The maximum atomic E-state index is 12.1. The Bertz CT molecular complexity index is 468. The zero-order valence-corrected chi connectivity index (χ0v) is 9.17. The van der Waals surface area contributed by atoms with E-state index < -0.39 is 6.10 Å². The summed E-state index contributed by atoms with van der Waals surface area (Å²) < 4.78 is 15.6. The van der Waals surface area contributed by atoms with Crippen LogP contribution in [-0.4, -0.2) is 12.4 Å². The second-order valence-corrected chi connectivity index (χ2v) is 3.36. The number of hydrogen-bond acceptors (Lipinski definition) is 4. The van der Waals surface area contributed by atoms with Gasteiger partial charge in [-0.3, -0.25) is 4.79 Å². The van der Waals surface area contributed by atoms with Gasteiger partial charge in [0.1, 0.15) is 5.76 Å². The van der Waals surface area contributed by atoms with Crippen LogP contribution in [0.3, 0.4) is 0 Å². The Morgan fingerprint density at radius 3 is 2.71 bits per heavy atom. The van der Waals surface area contributed by atoms with Crippen molar-refractivity contribution in [3.8, 4) is 0 Å². The molecule has 88 valence electrons. The van der Waals surface area contributed by atoms with Crippen LogP contribution < -0.4 is 0 Å². The van der Waals surface area contributed by atoms with E-state index in [1.807, 2.05) is 0 Å². The lowest BCUT2D eigenvalue weighted by molar-refractivity contribution is 0.0402. The molecule has 0 saturated heterocycles. The Balaban J connectivity index is 2.21. The highest BCUT2D eigenvalue weighted by molar-refractivity contribution is 5.97. The van der Waals surface area contributed by atoms with Gasteiger partial charge in [0.2, 0.25) is 5.78 Å². The highest BCUT2D eigenvalue weighted by atomic mass is 16.5. The fourth-order valence-electron chi connectivity index (χ4n) is 1.44. The molecule has 0 amide bonds. The fraction of sp³-hybridized carbons (Fsp3) is 0.154. The molecular formula is C13H12O4. The van der Waals surface area contributed by atoms with Gasteiger partial charge < -0.3 is 13.6 Å². The molecule has 0 N–H and O–H groups in total. The third kappa shape index (κ3) is 2.54. The summed E-state index contributed by atoms with van der Waals surface area (Å²) in [5, 5.41) is 0. The lowest BCUT2D eigenvalue weighted by Crippen LogP contribution is -2.15. The summed E-state index contributed by atoms with van der Waals surface area (Å²) in [6, 6.07) is 6.64. The Hall–Kier alpha value is -2.07. The van der Waals surface area contributed by atoms with Crippen LogP contribution in [0, 0.1) is 0 Å². The van der Waals surface area contributed by atoms with Gasteiger partial charge in [0, 0.05) is 0 Å². The van der Waals surface area contributed by atoms with Crippen molar-refractivity contribution in [1.29, 1.82) is 0 Å². The van der Waals surface area contributed by atoms with Gasteiger partial charge in [-0.05, 0) is 24.3 Å². The minimum atomic E-state index is -0.797. The summed E-state index contributed by atoms with van der Waals surface area (Å²) >= 11 is 0. The average molecular weight is 232 g/mol. The first-order chi connectivity index (χ1) is 8.33. The number of furan rings is 2. The predicted molar refractivity (Wildman–Crippen MR) is 60.6 cm³/mol. The van der Waals surface area contributed by atoms with E-state index in [1.165, 1.54) is 12.5 Å². The van der Waals surface area contributed by atoms with Crippen LogP contribution in [0.1, 0.15) is 22.4 Å². The molecule has 0 fully saturated rings. The molecule has 4 heteroatoms. The lowest BCUT2D eigenvalue weighted by Gasteiger charge is -2.11. The summed E-state index contributed by atoms with van der Waals surface area (Å²) in [6.45, 7) is 3.81. The second kappa shape index (κ2) is 5.32. The second-order valence-electron chi connectivity index (χ2n) is 3.36. The van der Waals surface area contributed by atoms with Crippen molar-refractivity contribution < 1.29 is 18.4 Å². The van der Waals surface area contributed by atoms with Crippen molar-refractivity contribution in [3.63, 3.8) is 0 Å². The first kappa shape index (κ1) is 11.4. The predicted octanol–water partition coefficient (Wildman–Crippen LogP) is 3.00. The number of ether oxygens (including phenoxy) is 1. The van der Waals surface area contributed by atoms with Crippen LogP contribution >= 0.6 is 0 Å². The molecule has 0 aliphatic rings. The molecule has 4 nitrogen and oxygen atoms in total. The van der Waals surface area contributed by atoms with Gasteiger partial charge in [-0.15, -0.1) is 6.58 Å². The van der Waals surface area contributed by atoms with Crippen LogP contribution in [0.2, 0.25) is 0 Å². The monoisotopic (exact) mass is 232 g/mol. The maximum Gasteiger partial charge on any atom is 0.234 e. The number of hydrogen-bond donors (Lipinski definition) is 0. The summed E-state index contributed by atoms with van der Waals surface area (Å²) in [7, 11) is 0. The van der Waals surface area contributed by atoms with Crippen LogP contribution in [0.25, 0.3) is 0 Å². The number of rotatable bonds is 6. The van der Waals surface area contributed by atoms with Crippen LogP contribution in [-0.2, 0) is 4.74 Å². The summed E-state index contributed by atoms with van der Waals surface area (Å²) in [6.07, 6.45) is 3.72. The smallest absolute Gasteiger partial charge is 0.234 e. The van der Waals surface area contributed by atoms with E-state index in [9.17, 15) is 4.79 Å². The zero-order valence-electron chi connectivity index (χ0n) is 9.17. The van der Waals surface area contributed by atoms with Gasteiger partial charge in [-0.25, -0.2) is 0 Å². The molecule has 0 saturated carbocycles. The molecule has 0 aliphatic heterocycles. The largest absolute Gasteiger partial charge is 0.466 e. The molecular weight excluding hydrogens is 220 g/mol. The number of carbonyl (C=O) groups is 1. The molecule has 2 aromatic heterocycles. The first-order valence-corrected chi connectivity index (χ1v) is 5.16. The average Bonchev–Trinajstić information content (AvgIpc) is 3.02. The Labute approximate surface area is 98.5 Å². The minimum Gasteiger partial charge on any atom is -0.466 e. The van der Waals surface area contributed by atoms with Gasteiger partial charge in [0.25, 0.3) is 0 Å². The molecule has 0 radical (unpaired) electrons. The minimum absolute atomic E-state index is 0.246. The molecule has 0 spiro atoms. The van der Waals surface area contributed by atoms with E-state index in [2.05, 4.69) is 6.58 Å². The highest BCUT2D eigenvalue weighted by Crippen LogP contribution is 2.23. The van der Waals surface area contributed by atoms with Gasteiger partial charge in [-0.1, -0.05) is 6.08 Å². The van der Waals surface area contributed by atoms with Crippen molar-refractivity contribution in [2.24, 2.45) is 0 Å². The third-order valence-corrected chi connectivity index (χ3v) is 2.18. The first-order valence-electron chi connectivity index (χ1n) is 5.16. The quantitative estimate of drug-likeness (QED) is 0.567. The van der Waals surface area contributed by atoms with Gasteiger partial charge >= 0.3 is 0 Å². The molecule has 2 heterocycles. The van der Waals surface area contributed by atoms with Crippen molar-refractivity contribution in [2.75, 3.05) is 6.61 Å². The zero-order chi connectivity index (χ0) is 12.1. The molecule has 0 aliphatic carbocycles. The molecule has 0 bridgehead atoms. The van der Waals surface area contributed by atoms with Crippen molar-refractivity contribution in [1.82, 2.24) is 0 Å². The number of carbonyl (C=O) groups excluding carboxylic acids is 1. The van der Waals surface area contributed by atoms with Gasteiger partial charge in [0.05, 0.1) is 19.1 Å². The summed E-state index contributed by atoms with van der Waals surface area (Å²) in [4.78, 5) is 12.1. The Morgan fingerprint density at radius 1 is 1.35 bits per heavy atom.